The van der Waals surface area contributed by atoms with Crippen LogP contribution >= 0.6 is 0 Å². The molecule has 2 rings (SSSR count). The van der Waals surface area contributed by atoms with Gasteiger partial charge in [0.05, 0.1) is 6.61 Å². The van der Waals surface area contributed by atoms with Crippen molar-refractivity contribution in [1.82, 2.24) is 24.5 Å². The molecule has 19 heavy (non-hydrogen) atoms. The normalized spacial score (nSPS) is 10.6. The fraction of sp³-hybridized carbons (Fsp3) is 0.455. The zero-order chi connectivity index (χ0) is 13.7. The molecule has 2 aromatic rings. The number of hydrogen-bond donors (Lipinski definition) is 1. The van der Waals surface area contributed by atoms with Crippen molar-refractivity contribution < 1.29 is 4.74 Å². The molecule has 0 aliphatic carbocycles. The number of anilines is 2. The van der Waals surface area contributed by atoms with E-state index in [0.717, 1.165) is 0 Å². The van der Waals surface area contributed by atoms with Crippen LogP contribution in [0.25, 0.3) is 5.95 Å². The summed E-state index contributed by atoms with van der Waals surface area (Å²) < 4.78 is 6.98. The summed E-state index contributed by atoms with van der Waals surface area (Å²) in [6, 6.07) is 0. The van der Waals surface area contributed by atoms with Crippen LogP contribution in [0, 0.1) is 0 Å². The van der Waals surface area contributed by atoms with Gasteiger partial charge in [0.15, 0.2) is 0 Å². The van der Waals surface area contributed by atoms with Crippen LogP contribution < -0.4 is 10.6 Å². The molecular weight excluding hydrogens is 246 g/mol. The van der Waals surface area contributed by atoms with Crippen LogP contribution in [0.4, 0.5) is 11.9 Å². The van der Waals surface area contributed by atoms with Gasteiger partial charge in [0.2, 0.25) is 17.8 Å². The smallest absolute Gasteiger partial charge is 0.241 e. The first-order valence-corrected chi connectivity index (χ1v) is 5.99. The van der Waals surface area contributed by atoms with Gasteiger partial charge in [-0.15, -0.1) is 0 Å². The third kappa shape index (κ3) is 3.38. The lowest BCUT2D eigenvalue weighted by atomic mass is 10.6. The molecule has 2 heterocycles. The van der Waals surface area contributed by atoms with Gasteiger partial charge in [-0.1, -0.05) is 0 Å². The van der Waals surface area contributed by atoms with Crippen LogP contribution in [-0.2, 0) is 4.74 Å². The fourth-order valence-corrected chi connectivity index (χ4v) is 1.48. The standard InChI is InChI=1S/C11H17N7O/c1-3-19-7-6-17(2)10-14-9(12)15-11(16-10)18-5-4-13-8-18/h4-5,8H,3,6-7H2,1-2H3,(H2,12,14,15,16). The zero-order valence-electron chi connectivity index (χ0n) is 11.0. The van der Waals surface area contributed by atoms with Crippen LogP contribution in [0.3, 0.4) is 0 Å². The summed E-state index contributed by atoms with van der Waals surface area (Å²) in [7, 11) is 1.88. The second kappa shape index (κ2) is 6.10. The lowest BCUT2D eigenvalue weighted by Crippen LogP contribution is -2.25. The molecule has 0 saturated heterocycles. The van der Waals surface area contributed by atoms with E-state index < -0.39 is 0 Å². The van der Waals surface area contributed by atoms with Gasteiger partial charge >= 0.3 is 0 Å². The molecule has 0 saturated carbocycles. The SMILES string of the molecule is CCOCCN(C)c1nc(N)nc(-n2ccnc2)n1. The second-order valence-electron chi connectivity index (χ2n) is 3.88. The molecule has 0 aliphatic heterocycles. The molecule has 8 nitrogen and oxygen atoms in total. The Hall–Kier alpha value is -2.22. The highest BCUT2D eigenvalue weighted by Crippen LogP contribution is 2.10. The maximum absolute atomic E-state index is 5.70. The van der Waals surface area contributed by atoms with Crippen molar-refractivity contribution in [3.8, 4) is 5.95 Å². The van der Waals surface area contributed by atoms with E-state index in [9.17, 15) is 0 Å². The molecule has 0 radical (unpaired) electrons. The molecule has 0 spiro atoms. The highest BCUT2D eigenvalue weighted by atomic mass is 16.5. The number of likely N-dealkylation sites (N-methyl/N-ethyl adjacent to an activating group) is 1. The average Bonchev–Trinajstić information content (AvgIpc) is 2.92. The van der Waals surface area contributed by atoms with Gasteiger partial charge in [-0.25, -0.2) is 4.98 Å². The molecule has 2 aromatic heterocycles. The van der Waals surface area contributed by atoms with Crippen LogP contribution in [0.1, 0.15) is 6.92 Å². The lowest BCUT2D eigenvalue weighted by Gasteiger charge is -2.17. The quantitative estimate of drug-likeness (QED) is 0.739. The Bertz CT molecular complexity index is 514. The number of nitrogens with two attached hydrogens (primary N) is 1. The highest BCUT2D eigenvalue weighted by Gasteiger charge is 2.09. The molecule has 0 amide bonds. The first kappa shape index (κ1) is 13.2. The number of rotatable bonds is 6. The number of hydrogen-bond acceptors (Lipinski definition) is 7. The van der Waals surface area contributed by atoms with E-state index in [4.69, 9.17) is 10.5 Å². The minimum atomic E-state index is 0.178. The Morgan fingerprint density at radius 1 is 1.37 bits per heavy atom. The molecule has 0 fully saturated rings. The van der Waals surface area contributed by atoms with Gasteiger partial charge in [0.25, 0.3) is 0 Å². The van der Waals surface area contributed by atoms with Gasteiger partial charge in [-0.2, -0.15) is 15.0 Å². The summed E-state index contributed by atoms with van der Waals surface area (Å²) in [5.74, 6) is 1.14. The van der Waals surface area contributed by atoms with Crippen LogP contribution in [0.15, 0.2) is 18.7 Å². The topological polar surface area (TPSA) is 95.0 Å². The molecule has 102 valence electrons. The van der Waals surface area contributed by atoms with Gasteiger partial charge in [-0.05, 0) is 6.92 Å². The Morgan fingerprint density at radius 3 is 2.89 bits per heavy atom. The van der Waals surface area contributed by atoms with E-state index in [2.05, 4.69) is 19.9 Å². The molecule has 0 bridgehead atoms. The number of ether oxygens (including phenoxy) is 1. The van der Waals surface area contributed by atoms with E-state index in [-0.39, 0.29) is 5.95 Å². The van der Waals surface area contributed by atoms with Crippen LogP contribution in [0.5, 0.6) is 0 Å². The number of nitrogen functional groups attached to an aromatic ring is 1. The second-order valence-corrected chi connectivity index (χ2v) is 3.88. The summed E-state index contributed by atoms with van der Waals surface area (Å²) in [6.45, 7) is 3.94. The summed E-state index contributed by atoms with van der Waals surface area (Å²) in [5, 5.41) is 0. The first-order valence-electron chi connectivity index (χ1n) is 5.99. The van der Waals surface area contributed by atoms with Crippen molar-refractivity contribution in [2.75, 3.05) is 37.4 Å². The molecule has 0 aliphatic rings. The molecule has 8 heteroatoms. The Balaban J connectivity index is 2.17. The number of nitrogens with zero attached hydrogens (tertiary/aromatic N) is 6. The van der Waals surface area contributed by atoms with Crippen molar-refractivity contribution in [3.63, 3.8) is 0 Å². The van der Waals surface area contributed by atoms with Gasteiger partial charge in [-0.3, -0.25) is 4.57 Å². The van der Waals surface area contributed by atoms with Crippen molar-refractivity contribution in [2.45, 2.75) is 6.92 Å². The van der Waals surface area contributed by atoms with Crippen molar-refractivity contribution in [1.29, 1.82) is 0 Å². The van der Waals surface area contributed by atoms with E-state index >= 15 is 0 Å². The van der Waals surface area contributed by atoms with Crippen molar-refractivity contribution >= 4 is 11.9 Å². The molecule has 0 unspecified atom stereocenters. The van der Waals surface area contributed by atoms with Crippen molar-refractivity contribution in [3.05, 3.63) is 18.7 Å². The Morgan fingerprint density at radius 2 is 2.21 bits per heavy atom. The highest BCUT2D eigenvalue weighted by molar-refractivity contribution is 5.37. The maximum Gasteiger partial charge on any atom is 0.241 e. The number of aromatic nitrogens is 5. The van der Waals surface area contributed by atoms with E-state index in [1.54, 1.807) is 23.3 Å². The van der Waals surface area contributed by atoms with E-state index in [1.165, 1.54) is 0 Å². The fourth-order valence-electron chi connectivity index (χ4n) is 1.48. The predicted octanol–water partition coefficient (Wildman–Crippen LogP) is 0.112. The van der Waals surface area contributed by atoms with Gasteiger partial charge < -0.3 is 15.4 Å². The summed E-state index contributed by atoms with van der Waals surface area (Å²) >= 11 is 0. The minimum absolute atomic E-state index is 0.178. The molecule has 0 atom stereocenters. The monoisotopic (exact) mass is 263 g/mol. The third-order valence-electron chi connectivity index (χ3n) is 2.48. The Labute approximate surface area is 111 Å². The zero-order valence-corrected chi connectivity index (χ0v) is 11.0. The van der Waals surface area contributed by atoms with Gasteiger partial charge in [0, 0.05) is 32.6 Å². The maximum atomic E-state index is 5.70. The third-order valence-corrected chi connectivity index (χ3v) is 2.48. The van der Waals surface area contributed by atoms with Crippen LogP contribution in [0.2, 0.25) is 0 Å². The van der Waals surface area contributed by atoms with Crippen LogP contribution in [-0.4, -0.2) is 51.3 Å². The summed E-state index contributed by atoms with van der Waals surface area (Å²) in [4.78, 5) is 18.4. The van der Waals surface area contributed by atoms with E-state index in [1.807, 2.05) is 18.9 Å². The van der Waals surface area contributed by atoms with E-state index in [0.29, 0.717) is 31.7 Å². The largest absolute Gasteiger partial charge is 0.380 e. The van der Waals surface area contributed by atoms with Crippen molar-refractivity contribution in [2.24, 2.45) is 0 Å². The Kier molecular flexibility index (Phi) is 4.24. The summed E-state index contributed by atoms with van der Waals surface area (Å²) in [6.07, 6.45) is 5.01. The number of imidazole rings is 1. The van der Waals surface area contributed by atoms with Gasteiger partial charge in [0.1, 0.15) is 6.33 Å². The molecule has 2 N–H and O–H groups in total. The summed E-state index contributed by atoms with van der Waals surface area (Å²) in [5.41, 5.74) is 5.70. The predicted molar refractivity (Wildman–Crippen MR) is 71.1 cm³/mol. The molecular formula is C11H17N7O. The lowest BCUT2D eigenvalue weighted by molar-refractivity contribution is 0.154. The average molecular weight is 263 g/mol. The molecule has 0 aromatic carbocycles. The minimum Gasteiger partial charge on any atom is -0.380 e. The first-order chi connectivity index (χ1) is 9.20.